The summed E-state index contributed by atoms with van der Waals surface area (Å²) in [6.45, 7) is 2.57. The molecule has 0 saturated carbocycles. The highest BCUT2D eigenvalue weighted by molar-refractivity contribution is 5.93. The van der Waals surface area contributed by atoms with E-state index in [9.17, 15) is 4.79 Å². The number of pyridine rings is 1. The van der Waals surface area contributed by atoms with Crippen LogP contribution in [0.4, 0.5) is 0 Å². The Bertz CT molecular complexity index is 933. The number of aromatic nitrogens is 2. The van der Waals surface area contributed by atoms with Gasteiger partial charge in [0, 0.05) is 18.9 Å². The number of hydrogen-bond acceptors (Lipinski definition) is 4. The maximum absolute atomic E-state index is 12.6. The number of benzene rings is 1. The number of hydrogen-bond donors (Lipinski definition) is 1. The van der Waals surface area contributed by atoms with Gasteiger partial charge in [-0.25, -0.2) is 0 Å². The van der Waals surface area contributed by atoms with E-state index >= 15 is 0 Å². The molecular weight excluding hydrogens is 318 g/mol. The lowest BCUT2D eigenvalue weighted by atomic mass is 10.2. The largest absolute Gasteiger partial charge is 0.454 e. The summed E-state index contributed by atoms with van der Waals surface area (Å²) in [5.41, 5.74) is 3.27. The molecule has 25 heavy (non-hydrogen) atoms. The van der Waals surface area contributed by atoms with E-state index in [0.717, 1.165) is 22.7 Å². The minimum Gasteiger partial charge on any atom is -0.454 e. The van der Waals surface area contributed by atoms with Crippen LogP contribution in [0.15, 0.2) is 54.9 Å². The summed E-state index contributed by atoms with van der Waals surface area (Å²) in [5, 5.41) is 2.95. The third kappa shape index (κ3) is 2.94. The lowest BCUT2D eigenvalue weighted by Gasteiger charge is -2.11. The van der Waals surface area contributed by atoms with E-state index in [4.69, 9.17) is 9.47 Å². The molecule has 0 radical (unpaired) electrons. The molecule has 1 N–H and O–H groups in total. The highest BCUT2D eigenvalue weighted by Gasteiger charge is 2.15. The van der Waals surface area contributed by atoms with Gasteiger partial charge in [-0.3, -0.25) is 9.78 Å². The van der Waals surface area contributed by atoms with Crippen LogP contribution in [-0.4, -0.2) is 22.3 Å². The quantitative estimate of drug-likeness (QED) is 0.796. The van der Waals surface area contributed by atoms with Crippen LogP contribution < -0.4 is 14.8 Å². The average Bonchev–Trinajstić information content (AvgIpc) is 3.28. The number of ether oxygens (including phenoxy) is 2. The summed E-state index contributed by atoms with van der Waals surface area (Å²) >= 11 is 0. The third-order valence-corrected chi connectivity index (χ3v) is 4.11. The first-order valence-corrected chi connectivity index (χ1v) is 7.98. The summed E-state index contributed by atoms with van der Waals surface area (Å²) in [6, 6.07) is 13.1. The average molecular weight is 335 g/mol. The zero-order valence-corrected chi connectivity index (χ0v) is 13.7. The van der Waals surface area contributed by atoms with Crippen molar-refractivity contribution >= 4 is 5.91 Å². The van der Waals surface area contributed by atoms with Gasteiger partial charge in [0.05, 0.1) is 11.4 Å². The molecule has 0 aliphatic carbocycles. The zero-order chi connectivity index (χ0) is 17.2. The maximum atomic E-state index is 12.6. The van der Waals surface area contributed by atoms with Crippen molar-refractivity contribution in [2.45, 2.75) is 13.5 Å². The number of nitrogens with one attached hydrogen (secondary N) is 1. The molecule has 0 fully saturated rings. The van der Waals surface area contributed by atoms with Gasteiger partial charge < -0.3 is 19.4 Å². The molecule has 2 aromatic heterocycles. The third-order valence-electron chi connectivity index (χ3n) is 4.11. The summed E-state index contributed by atoms with van der Waals surface area (Å²) < 4.78 is 12.5. The van der Waals surface area contributed by atoms with Crippen molar-refractivity contribution in [3.05, 3.63) is 71.8 Å². The molecule has 1 aromatic carbocycles. The van der Waals surface area contributed by atoms with Gasteiger partial charge in [-0.1, -0.05) is 6.07 Å². The number of carbonyl (C=O) groups is 1. The number of nitrogens with zero attached hydrogens (tertiary/aromatic N) is 2. The second kappa shape index (κ2) is 6.32. The molecule has 126 valence electrons. The van der Waals surface area contributed by atoms with Crippen LogP contribution >= 0.6 is 0 Å². The van der Waals surface area contributed by atoms with E-state index < -0.39 is 0 Å². The van der Waals surface area contributed by atoms with Gasteiger partial charge in [0.1, 0.15) is 5.69 Å². The second-order valence-corrected chi connectivity index (χ2v) is 5.74. The molecule has 0 spiro atoms. The Morgan fingerprint density at radius 2 is 2.08 bits per heavy atom. The first-order chi connectivity index (χ1) is 12.2. The second-order valence-electron chi connectivity index (χ2n) is 5.74. The molecule has 0 bridgehead atoms. The van der Waals surface area contributed by atoms with Gasteiger partial charge in [0.15, 0.2) is 11.5 Å². The fourth-order valence-corrected chi connectivity index (χ4v) is 2.83. The molecule has 1 aliphatic rings. The Balaban J connectivity index is 1.51. The Kier molecular flexibility index (Phi) is 3.85. The van der Waals surface area contributed by atoms with E-state index in [1.807, 2.05) is 54.1 Å². The van der Waals surface area contributed by atoms with E-state index in [1.165, 1.54) is 0 Å². The van der Waals surface area contributed by atoms with Crippen molar-refractivity contribution < 1.29 is 14.3 Å². The standard InChI is InChI=1S/C19H17N3O3/c1-13-15(4-2-8-20-13)22-9-3-5-16(22)19(23)21-11-14-6-7-17-18(10-14)25-12-24-17/h2-10H,11-12H2,1H3,(H,21,23). The molecule has 1 aliphatic heterocycles. The van der Waals surface area contributed by atoms with Crippen molar-refractivity contribution in [1.29, 1.82) is 0 Å². The Labute approximate surface area is 145 Å². The summed E-state index contributed by atoms with van der Waals surface area (Å²) in [4.78, 5) is 16.9. The predicted octanol–water partition coefficient (Wildman–Crippen LogP) is 2.84. The van der Waals surface area contributed by atoms with Gasteiger partial charge in [-0.15, -0.1) is 0 Å². The van der Waals surface area contributed by atoms with E-state index in [1.54, 1.807) is 12.3 Å². The van der Waals surface area contributed by atoms with Crippen LogP contribution in [0.25, 0.3) is 5.69 Å². The minimum atomic E-state index is -0.147. The van der Waals surface area contributed by atoms with Crippen molar-refractivity contribution in [3.8, 4) is 17.2 Å². The smallest absolute Gasteiger partial charge is 0.268 e. The van der Waals surface area contributed by atoms with Crippen molar-refractivity contribution in [2.75, 3.05) is 6.79 Å². The first-order valence-electron chi connectivity index (χ1n) is 7.98. The minimum absolute atomic E-state index is 0.147. The Morgan fingerprint density at radius 3 is 2.96 bits per heavy atom. The number of rotatable bonds is 4. The highest BCUT2D eigenvalue weighted by atomic mass is 16.7. The van der Waals surface area contributed by atoms with Gasteiger partial charge in [-0.2, -0.15) is 0 Å². The normalized spacial score (nSPS) is 12.2. The molecule has 4 rings (SSSR count). The van der Waals surface area contributed by atoms with Crippen LogP contribution in [0.1, 0.15) is 21.7 Å². The monoisotopic (exact) mass is 335 g/mol. The van der Waals surface area contributed by atoms with Crippen molar-refractivity contribution in [2.24, 2.45) is 0 Å². The first kappa shape index (κ1) is 15.3. The van der Waals surface area contributed by atoms with E-state index in [2.05, 4.69) is 10.3 Å². The predicted molar refractivity (Wildman–Crippen MR) is 92.0 cm³/mol. The number of carbonyl (C=O) groups excluding carboxylic acids is 1. The maximum Gasteiger partial charge on any atom is 0.268 e. The molecule has 3 heterocycles. The Morgan fingerprint density at radius 1 is 1.20 bits per heavy atom. The summed E-state index contributed by atoms with van der Waals surface area (Å²) in [5.74, 6) is 1.29. The van der Waals surface area contributed by atoms with Gasteiger partial charge in [-0.05, 0) is 48.9 Å². The zero-order valence-electron chi connectivity index (χ0n) is 13.7. The fraction of sp³-hybridized carbons (Fsp3) is 0.158. The number of aryl methyl sites for hydroxylation is 1. The molecule has 6 nitrogen and oxygen atoms in total. The van der Waals surface area contributed by atoms with E-state index in [0.29, 0.717) is 18.0 Å². The fourth-order valence-electron chi connectivity index (χ4n) is 2.83. The SMILES string of the molecule is Cc1ncccc1-n1cccc1C(=O)NCc1ccc2c(c1)OCO2. The van der Waals surface area contributed by atoms with Crippen molar-refractivity contribution in [3.63, 3.8) is 0 Å². The molecule has 3 aromatic rings. The van der Waals surface area contributed by atoms with Gasteiger partial charge in [0.2, 0.25) is 6.79 Å². The van der Waals surface area contributed by atoms with Gasteiger partial charge in [0.25, 0.3) is 5.91 Å². The van der Waals surface area contributed by atoms with Crippen LogP contribution in [-0.2, 0) is 6.54 Å². The summed E-state index contributed by atoms with van der Waals surface area (Å²) in [7, 11) is 0. The Hall–Kier alpha value is -3.28. The molecule has 0 unspecified atom stereocenters. The van der Waals surface area contributed by atoms with Crippen LogP contribution in [0, 0.1) is 6.92 Å². The topological polar surface area (TPSA) is 65.4 Å². The number of fused-ring (bicyclic) bond motifs is 1. The lowest BCUT2D eigenvalue weighted by Crippen LogP contribution is -2.25. The van der Waals surface area contributed by atoms with Crippen LogP contribution in [0.5, 0.6) is 11.5 Å². The molecule has 6 heteroatoms. The van der Waals surface area contributed by atoms with E-state index in [-0.39, 0.29) is 12.7 Å². The highest BCUT2D eigenvalue weighted by Crippen LogP contribution is 2.32. The number of amides is 1. The lowest BCUT2D eigenvalue weighted by molar-refractivity contribution is 0.0944. The van der Waals surface area contributed by atoms with Crippen LogP contribution in [0.2, 0.25) is 0 Å². The van der Waals surface area contributed by atoms with Crippen LogP contribution in [0.3, 0.4) is 0 Å². The summed E-state index contributed by atoms with van der Waals surface area (Å²) in [6.07, 6.45) is 3.60. The molecular formula is C19H17N3O3. The molecule has 0 saturated heterocycles. The van der Waals surface area contributed by atoms with Gasteiger partial charge >= 0.3 is 0 Å². The molecule has 1 amide bonds. The van der Waals surface area contributed by atoms with Crippen molar-refractivity contribution in [1.82, 2.24) is 14.9 Å². The molecule has 0 atom stereocenters.